The van der Waals surface area contributed by atoms with Crippen molar-refractivity contribution in [3.05, 3.63) is 58.7 Å². The maximum atomic E-state index is 11.7. The lowest BCUT2D eigenvalue weighted by Gasteiger charge is -2.28. The Bertz CT molecular complexity index is 667. The molecule has 20 heavy (non-hydrogen) atoms. The second kappa shape index (κ2) is 5.04. The van der Waals surface area contributed by atoms with Crippen LogP contribution in [-0.4, -0.2) is 22.5 Å². The van der Waals surface area contributed by atoms with Crippen molar-refractivity contribution in [2.24, 2.45) is 0 Å². The number of rotatable bonds is 3. The van der Waals surface area contributed by atoms with Crippen molar-refractivity contribution in [1.29, 1.82) is 0 Å². The number of benzene rings is 1. The zero-order valence-electron chi connectivity index (χ0n) is 11.6. The topological polar surface area (TPSA) is 52.1 Å². The van der Waals surface area contributed by atoms with Gasteiger partial charge < -0.3 is 4.74 Å². The lowest BCUT2D eigenvalue weighted by atomic mass is 9.77. The Morgan fingerprint density at radius 3 is 2.90 bits per heavy atom. The average molecular weight is 268 g/mol. The molecule has 1 atom stereocenters. The average Bonchev–Trinajstić information content (AvgIpc) is 2.40. The van der Waals surface area contributed by atoms with E-state index in [1.165, 1.54) is 11.1 Å². The van der Waals surface area contributed by atoms with Crippen LogP contribution in [0.5, 0.6) is 0 Å². The summed E-state index contributed by atoms with van der Waals surface area (Å²) in [6.07, 6.45) is 2.55. The Morgan fingerprint density at radius 1 is 1.40 bits per heavy atom. The molecule has 1 aromatic carbocycles. The molecule has 1 aromatic heterocycles. The van der Waals surface area contributed by atoms with Crippen molar-refractivity contribution in [1.82, 2.24) is 9.97 Å². The normalized spacial score (nSPS) is 16.2. The molecule has 0 amide bonds. The highest BCUT2D eigenvalue weighted by Gasteiger charge is 2.29. The summed E-state index contributed by atoms with van der Waals surface area (Å²) < 4.78 is 4.99. The maximum Gasteiger partial charge on any atom is 0.341 e. The largest absolute Gasteiger partial charge is 0.462 e. The summed E-state index contributed by atoms with van der Waals surface area (Å²) in [5.74, 6) is 0.681. The van der Waals surface area contributed by atoms with Crippen molar-refractivity contribution < 1.29 is 9.53 Å². The third kappa shape index (κ3) is 2.07. The Hall–Kier alpha value is -2.23. The van der Waals surface area contributed by atoms with Crippen molar-refractivity contribution in [2.45, 2.75) is 26.2 Å². The zero-order valence-corrected chi connectivity index (χ0v) is 11.6. The summed E-state index contributed by atoms with van der Waals surface area (Å²) in [7, 11) is 0. The zero-order chi connectivity index (χ0) is 14.1. The SMILES string of the molecule is CCOC(=O)c1cnc(C2Cc3ccccc32)nc1C. The molecule has 0 bridgehead atoms. The molecule has 1 unspecified atom stereocenters. The van der Waals surface area contributed by atoms with Crippen LogP contribution in [0.2, 0.25) is 0 Å². The third-order valence-electron chi connectivity index (χ3n) is 3.66. The summed E-state index contributed by atoms with van der Waals surface area (Å²) >= 11 is 0. The van der Waals surface area contributed by atoms with E-state index in [0.717, 1.165) is 12.2 Å². The lowest BCUT2D eigenvalue weighted by molar-refractivity contribution is 0.0524. The predicted molar refractivity (Wildman–Crippen MR) is 74.7 cm³/mol. The molecule has 0 saturated carbocycles. The van der Waals surface area contributed by atoms with Gasteiger partial charge in [0.05, 0.1) is 17.9 Å². The van der Waals surface area contributed by atoms with E-state index in [4.69, 9.17) is 4.74 Å². The van der Waals surface area contributed by atoms with Crippen LogP contribution in [0.4, 0.5) is 0 Å². The molecule has 2 aromatic rings. The molecule has 1 aliphatic rings. The molecule has 0 N–H and O–H groups in total. The van der Waals surface area contributed by atoms with E-state index >= 15 is 0 Å². The van der Waals surface area contributed by atoms with E-state index in [1.807, 2.05) is 19.1 Å². The molecule has 4 nitrogen and oxygen atoms in total. The standard InChI is InChI=1S/C16H16N2O2/c1-3-20-16(19)14-9-17-15(18-10(14)2)13-8-11-6-4-5-7-12(11)13/h4-7,9,13H,3,8H2,1-2H3. The van der Waals surface area contributed by atoms with Gasteiger partial charge in [0.15, 0.2) is 0 Å². The Balaban J connectivity index is 1.87. The van der Waals surface area contributed by atoms with Crippen molar-refractivity contribution in [3.8, 4) is 0 Å². The second-order valence-electron chi connectivity index (χ2n) is 4.90. The van der Waals surface area contributed by atoms with Crippen LogP contribution in [0.25, 0.3) is 0 Å². The Labute approximate surface area is 117 Å². The molecule has 4 heteroatoms. The highest BCUT2D eigenvalue weighted by atomic mass is 16.5. The first-order valence-corrected chi connectivity index (χ1v) is 6.79. The lowest BCUT2D eigenvalue weighted by Crippen LogP contribution is -2.21. The molecule has 0 fully saturated rings. The van der Waals surface area contributed by atoms with E-state index in [-0.39, 0.29) is 11.9 Å². The number of ether oxygens (including phenoxy) is 1. The van der Waals surface area contributed by atoms with Crippen molar-refractivity contribution >= 4 is 5.97 Å². The number of fused-ring (bicyclic) bond motifs is 1. The minimum absolute atomic E-state index is 0.251. The van der Waals surface area contributed by atoms with Gasteiger partial charge in [-0.2, -0.15) is 0 Å². The van der Waals surface area contributed by atoms with Gasteiger partial charge in [0.1, 0.15) is 5.82 Å². The van der Waals surface area contributed by atoms with Crippen LogP contribution in [0.1, 0.15) is 45.8 Å². The fraction of sp³-hybridized carbons (Fsp3) is 0.312. The minimum atomic E-state index is -0.356. The van der Waals surface area contributed by atoms with E-state index in [0.29, 0.717) is 17.9 Å². The molecular weight excluding hydrogens is 252 g/mol. The first-order chi connectivity index (χ1) is 9.70. The number of hydrogen-bond acceptors (Lipinski definition) is 4. The molecule has 0 radical (unpaired) electrons. The molecule has 3 rings (SSSR count). The number of nitrogens with zero attached hydrogens (tertiary/aromatic N) is 2. The number of carbonyl (C=O) groups is 1. The molecule has 1 aliphatic carbocycles. The van der Waals surface area contributed by atoms with Crippen LogP contribution < -0.4 is 0 Å². The van der Waals surface area contributed by atoms with E-state index in [9.17, 15) is 4.79 Å². The van der Waals surface area contributed by atoms with Gasteiger partial charge >= 0.3 is 5.97 Å². The van der Waals surface area contributed by atoms with Gasteiger partial charge in [-0.05, 0) is 31.4 Å². The van der Waals surface area contributed by atoms with Crippen LogP contribution >= 0.6 is 0 Å². The highest BCUT2D eigenvalue weighted by molar-refractivity contribution is 5.90. The Kier molecular flexibility index (Phi) is 3.22. The summed E-state index contributed by atoms with van der Waals surface area (Å²) in [5, 5.41) is 0. The quantitative estimate of drug-likeness (QED) is 0.803. The second-order valence-corrected chi connectivity index (χ2v) is 4.90. The molecule has 102 valence electrons. The number of carbonyl (C=O) groups excluding carboxylic acids is 1. The van der Waals surface area contributed by atoms with Crippen LogP contribution in [0, 0.1) is 6.92 Å². The monoisotopic (exact) mass is 268 g/mol. The van der Waals surface area contributed by atoms with Gasteiger partial charge in [0.25, 0.3) is 0 Å². The molecule has 0 spiro atoms. The van der Waals surface area contributed by atoms with Gasteiger partial charge in [-0.1, -0.05) is 24.3 Å². The van der Waals surface area contributed by atoms with Gasteiger partial charge in [0, 0.05) is 12.1 Å². The maximum absolute atomic E-state index is 11.7. The van der Waals surface area contributed by atoms with Crippen LogP contribution in [0.15, 0.2) is 30.5 Å². The summed E-state index contributed by atoms with van der Waals surface area (Å²) in [6.45, 7) is 3.96. The molecular formula is C16H16N2O2. The Morgan fingerprint density at radius 2 is 2.20 bits per heavy atom. The first-order valence-electron chi connectivity index (χ1n) is 6.79. The summed E-state index contributed by atoms with van der Waals surface area (Å²) in [5.41, 5.74) is 3.77. The minimum Gasteiger partial charge on any atom is -0.462 e. The van der Waals surface area contributed by atoms with E-state index in [2.05, 4.69) is 22.1 Å². The summed E-state index contributed by atoms with van der Waals surface area (Å²) in [4.78, 5) is 20.6. The van der Waals surface area contributed by atoms with Gasteiger partial charge in [-0.3, -0.25) is 0 Å². The van der Waals surface area contributed by atoms with Crippen molar-refractivity contribution in [3.63, 3.8) is 0 Å². The van der Waals surface area contributed by atoms with Gasteiger partial charge in [-0.25, -0.2) is 14.8 Å². The fourth-order valence-corrected chi connectivity index (χ4v) is 2.55. The number of esters is 1. The molecule has 0 saturated heterocycles. The predicted octanol–water partition coefficient (Wildman–Crippen LogP) is 2.65. The van der Waals surface area contributed by atoms with E-state index in [1.54, 1.807) is 13.1 Å². The van der Waals surface area contributed by atoms with Crippen LogP contribution in [-0.2, 0) is 11.2 Å². The van der Waals surface area contributed by atoms with Crippen LogP contribution in [0.3, 0.4) is 0 Å². The van der Waals surface area contributed by atoms with Crippen molar-refractivity contribution in [2.75, 3.05) is 6.61 Å². The smallest absolute Gasteiger partial charge is 0.341 e. The first kappa shape index (κ1) is 12.8. The number of hydrogen-bond donors (Lipinski definition) is 0. The molecule has 0 aliphatic heterocycles. The highest BCUT2D eigenvalue weighted by Crippen LogP contribution is 2.38. The fourth-order valence-electron chi connectivity index (χ4n) is 2.55. The summed E-state index contributed by atoms with van der Waals surface area (Å²) in [6, 6.07) is 8.32. The third-order valence-corrected chi connectivity index (χ3v) is 3.66. The van der Waals surface area contributed by atoms with Gasteiger partial charge in [0.2, 0.25) is 0 Å². The van der Waals surface area contributed by atoms with E-state index < -0.39 is 0 Å². The molecule has 1 heterocycles. The number of aromatic nitrogens is 2. The number of aryl methyl sites for hydroxylation is 1. The van der Waals surface area contributed by atoms with Gasteiger partial charge in [-0.15, -0.1) is 0 Å².